The smallest absolute Gasteiger partial charge is 0.225 e. The van der Waals surface area contributed by atoms with Crippen LogP contribution in [-0.4, -0.2) is 57.5 Å². The number of aliphatic hydroxyl groups is 1. The monoisotopic (exact) mass is 611 g/mol. The van der Waals surface area contributed by atoms with Crippen molar-refractivity contribution in [2.45, 2.75) is 39.0 Å². The Morgan fingerprint density at radius 3 is 2.59 bits per heavy atom. The van der Waals surface area contributed by atoms with Crippen molar-refractivity contribution in [2.24, 2.45) is 0 Å². The summed E-state index contributed by atoms with van der Waals surface area (Å²) in [5.41, 5.74) is 3.79. The van der Waals surface area contributed by atoms with Crippen LogP contribution in [-0.2, 0) is 18.1 Å². The molecule has 0 amide bonds. The van der Waals surface area contributed by atoms with Crippen LogP contribution in [0, 0.1) is 0 Å². The van der Waals surface area contributed by atoms with Crippen LogP contribution in [0.1, 0.15) is 5.69 Å². The summed E-state index contributed by atoms with van der Waals surface area (Å²) in [7, 11) is -1.21. The number of benzene rings is 1. The zero-order valence-electron chi connectivity index (χ0n) is 23.1. The van der Waals surface area contributed by atoms with Gasteiger partial charge in [-0.1, -0.05) is 43.4 Å². The molecule has 0 atom stereocenters. The Hall–Kier alpha value is -3.28. The van der Waals surface area contributed by atoms with Crippen molar-refractivity contribution < 1.29 is 19.3 Å². The average Bonchev–Trinajstić information content (AvgIpc) is 3.31. The normalized spacial score (nSPS) is 11.9. The highest BCUT2D eigenvalue weighted by atomic mass is 35.5. The Morgan fingerprint density at radius 1 is 0.951 bits per heavy atom. The van der Waals surface area contributed by atoms with E-state index in [4.69, 9.17) is 37.4 Å². The fourth-order valence-electron chi connectivity index (χ4n) is 4.27. The van der Waals surface area contributed by atoms with Crippen LogP contribution in [0.5, 0.6) is 11.6 Å². The van der Waals surface area contributed by atoms with E-state index >= 15 is 0 Å². The van der Waals surface area contributed by atoms with Crippen LogP contribution in [0.15, 0.2) is 54.9 Å². The summed E-state index contributed by atoms with van der Waals surface area (Å²) in [6.45, 7) is 8.43. The van der Waals surface area contributed by atoms with Gasteiger partial charge in [-0.3, -0.25) is 4.98 Å². The second-order valence-corrected chi connectivity index (χ2v) is 17.1. The number of halogens is 2. The second-order valence-electron chi connectivity index (χ2n) is 10.7. The lowest BCUT2D eigenvalue weighted by Crippen LogP contribution is -2.22. The van der Waals surface area contributed by atoms with Gasteiger partial charge in [-0.05, 0) is 47.5 Å². The van der Waals surface area contributed by atoms with Crippen LogP contribution >= 0.6 is 23.2 Å². The molecule has 9 nitrogen and oxygen atoms in total. The summed E-state index contributed by atoms with van der Waals surface area (Å²) in [6, 6.07) is 14.2. The lowest BCUT2D eigenvalue weighted by Gasteiger charge is -2.15. The number of aromatic nitrogens is 5. The first-order valence-electron chi connectivity index (χ1n) is 13.2. The minimum absolute atomic E-state index is 0.0841. The molecule has 0 saturated carbocycles. The quantitative estimate of drug-likeness (QED) is 0.0727. The molecule has 41 heavy (non-hydrogen) atoms. The number of nitrogens with zero attached hydrogens (tertiary/aromatic N) is 5. The van der Waals surface area contributed by atoms with Gasteiger partial charge in [0.15, 0.2) is 0 Å². The zero-order chi connectivity index (χ0) is 29.0. The number of aliphatic hydroxyl groups excluding tert-OH is 1. The van der Waals surface area contributed by atoms with Gasteiger partial charge in [0, 0.05) is 37.9 Å². The van der Waals surface area contributed by atoms with Crippen LogP contribution in [0.4, 0.5) is 0 Å². The van der Waals surface area contributed by atoms with Crippen LogP contribution < -0.4 is 9.47 Å². The molecular weight excluding hydrogens is 581 g/mol. The summed E-state index contributed by atoms with van der Waals surface area (Å²) in [6.07, 6.45) is 3.66. The molecule has 1 N–H and O–H groups in total. The molecule has 0 unspecified atom stereocenters. The summed E-state index contributed by atoms with van der Waals surface area (Å²) in [5, 5.41) is 11.2. The van der Waals surface area contributed by atoms with E-state index in [1.807, 2.05) is 35.0 Å². The lowest BCUT2D eigenvalue weighted by atomic mass is 10.0. The van der Waals surface area contributed by atoms with E-state index in [0.717, 1.165) is 28.1 Å². The molecule has 4 aromatic heterocycles. The average molecular weight is 613 g/mol. The molecule has 0 aliphatic heterocycles. The molecule has 5 rings (SSSR count). The maximum atomic E-state index is 9.23. The number of pyridine rings is 2. The molecule has 12 heteroatoms. The third kappa shape index (κ3) is 7.33. The predicted octanol–water partition coefficient (Wildman–Crippen LogP) is 6.61. The molecule has 0 aliphatic rings. The number of hydrogen-bond acceptors (Lipinski definition) is 8. The van der Waals surface area contributed by atoms with Crippen molar-refractivity contribution in [2.75, 3.05) is 19.8 Å². The minimum atomic E-state index is -1.21. The highest BCUT2D eigenvalue weighted by molar-refractivity contribution is 6.76. The van der Waals surface area contributed by atoms with Gasteiger partial charge in [0.25, 0.3) is 0 Å². The molecular formula is C29H31Cl2N5O4Si. The molecule has 0 bridgehead atoms. The molecule has 4 heterocycles. The second kappa shape index (κ2) is 12.7. The summed E-state index contributed by atoms with van der Waals surface area (Å²) in [5.74, 6) is 1.05. The van der Waals surface area contributed by atoms with Crippen molar-refractivity contribution in [3.63, 3.8) is 0 Å². The van der Waals surface area contributed by atoms with Crippen LogP contribution in [0.3, 0.4) is 0 Å². The van der Waals surface area contributed by atoms with Gasteiger partial charge in [0.05, 0.1) is 29.4 Å². The van der Waals surface area contributed by atoms with Gasteiger partial charge < -0.3 is 23.9 Å². The van der Waals surface area contributed by atoms with Gasteiger partial charge in [0.2, 0.25) is 11.2 Å². The Morgan fingerprint density at radius 2 is 1.78 bits per heavy atom. The van der Waals surface area contributed by atoms with Crippen molar-refractivity contribution in [3.05, 3.63) is 71.0 Å². The number of ether oxygens (including phenoxy) is 3. The largest absolute Gasteiger partial charge is 0.488 e. The Labute approximate surface area is 249 Å². The topological polar surface area (TPSA) is 104 Å². The molecule has 5 aromatic rings. The molecule has 214 valence electrons. The van der Waals surface area contributed by atoms with Gasteiger partial charge in [-0.15, -0.1) is 0 Å². The molecule has 0 fully saturated rings. The standard InChI is InChI=1S/C29H31Cl2N5O4Si/c1-41(2,3)12-11-38-18-36-16-23(26-27(30)34-29(31)35-28(26)36)19-7-8-24-20(13-19)14-22(15-32-24)39-9-10-40-25-6-4-5-21(17-37)33-25/h4-8,13-16,37H,9-12,17-18H2,1-3H3. The van der Waals surface area contributed by atoms with Gasteiger partial charge in [0.1, 0.15) is 36.5 Å². The maximum Gasteiger partial charge on any atom is 0.225 e. The first-order valence-corrected chi connectivity index (χ1v) is 17.7. The van der Waals surface area contributed by atoms with E-state index < -0.39 is 8.07 Å². The van der Waals surface area contributed by atoms with Crippen molar-refractivity contribution >= 4 is 53.2 Å². The molecule has 0 saturated heterocycles. The summed E-state index contributed by atoms with van der Waals surface area (Å²) in [4.78, 5) is 17.4. The SMILES string of the molecule is C[Si](C)(C)CCOCn1cc(-c2ccc3ncc(OCCOc4cccc(CO)n4)cc3c2)c2c(Cl)nc(Cl)nc21. The Balaban J connectivity index is 1.35. The summed E-state index contributed by atoms with van der Waals surface area (Å²) >= 11 is 12.8. The van der Waals surface area contributed by atoms with Gasteiger partial charge in [-0.2, -0.15) is 4.98 Å². The third-order valence-electron chi connectivity index (χ3n) is 6.38. The van der Waals surface area contributed by atoms with Gasteiger partial charge in [-0.25, -0.2) is 9.97 Å². The fraction of sp³-hybridized carbons (Fsp3) is 0.310. The van der Waals surface area contributed by atoms with Crippen LogP contribution in [0.25, 0.3) is 33.1 Å². The maximum absolute atomic E-state index is 9.23. The van der Waals surface area contributed by atoms with Crippen LogP contribution in [0.2, 0.25) is 36.1 Å². The number of hydrogen-bond donors (Lipinski definition) is 1. The first-order chi connectivity index (χ1) is 19.7. The highest BCUT2D eigenvalue weighted by Gasteiger charge is 2.18. The van der Waals surface area contributed by atoms with E-state index in [2.05, 4.69) is 39.6 Å². The van der Waals surface area contributed by atoms with Gasteiger partial charge >= 0.3 is 0 Å². The molecule has 0 spiro atoms. The number of fused-ring (bicyclic) bond motifs is 2. The minimum Gasteiger partial charge on any atom is -0.488 e. The lowest BCUT2D eigenvalue weighted by molar-refractivity contribution is 0.0899. The third-order valence-corrected chi connectivity index (χ3v) is 8.53. The number of rotatable bonds is 12. The molecule has 1 aromatic carbocycles. The van der Waals surface area contributed by atoms with E-state index in [0.29, 0.717) is 54.9 Å². The molecule has 0 aliphatic carbocycles. The summed E-state index contributed by atoms with van der Waals surface area (Å²) < 4.78 is 19.4. The zero-order valence-corrected chi connectivity index (χ0v) is 25.6. The highest BCUT2D eigenvalue weighted by Crippen LogP contribution is 2.36. The Bertz CT molecular complexity index is 1680. The predicted molar refractivity (Wildman–Crippen MR) is 164 cm³/mol. The van der Waals surface area contributed by atoms with E-state index in [9.17, 15) is 5.11 Å². The van der Waals surface area contributed by atoms with E-state index in [1.165, 1.54) is 0 Å². The van der Waals surface area contributed by atoms with Crippen molar-refractivity contribution in [1.82, 2.24) is 24.5 Å². The fourth-order valence-corrected chi connectivity index (χ4v) is 5.50. The Kier molecular flexibility index (Phi) is 9.05. The molecule has 0 radical (unpaired) electrons. The van der Waals surface area contributed by atoms with E-state index in [1.54, 1.807) is 24.4 Å². The first kappa shape index (κ1) is 29.2. The van der Waals surface area contributed by atoms with E-state index in [-0.39, 0.29) is 17.0 Å². The van der Waals surface area contributed by atoms with Crippen molar-refractivity contribution in [1.29, 1.82) is 0 Å². The van der Waals surface area contributed by atoms with Crippen molar-refractivity contribution in [3.8, 4) is 22.8 Å².